The summed E-state index contributed by atoms with van der Waals surface area (Å²) in [6.07, 6.45) is 0. The minimum Gasteiger partial charge on any atom is -0.363 e. The molecular weight excluding hydrogens is 260 g/mol. The van der Waals surface area contributed by atoms with Gasteiger partial charge in [-0.3, -0.25) is 4.79 Å². The van der Waals surface area contributed by atoms with Gasteiger partial charge in [0.05, 0.1) is 0 Å². The molecular formula is C13H16N4OS. The van der Waals surface area contributed by atoms with E-state index in [0.717, 1.165) is 0 Å². The molecule has 0 radical (unpaired) electrons. The van der Waals surface area contributed by atoms with Crippen LogP contribution < -0.4 is 10.6 Å². The molecule has 1 unspecified atom stereocenters. The second-order valence-electron chi connectivity index (χ2n) is 4.18. The molecule has 0 saturated carbocycles. The monoisotopic (exact) mass is 276 g/mol. The highest BCUT2D eigenvalue weighted by molar-refractivity contribution is 7.17. The molecule has 2 aromatic rings. The highest BCUT2D eigenvalue weighted by Crippen LogP contribution is 2.15. The van der Waals surface area contributed by atoms with Crippen LogP contribution in [0.1, 0.15) is 28.2 Å². The van der Waals surface area contributed by atoms with Crippen molar-refractivity contribution >= 4 is 22.4 Å². The van der Waals surface area contributed by atoms with E-state index < -0.39 is 0 Å². The van der Waals surface area contributed by atoms with E-state index in [9.17, 15) is 4.79 Å². The van der Waals surface area contributed by atoms with Crippen LogP contribution >= 0.6 is 11.3 Å². The highest BCUT2D eigenvalue weighted by Gasteiger charge is 2.13. The second kappa shape index (κ2) is 6.29. The summed E-state index contributed by atoms with van der Waals surface area (Å²) < 4.78 is 0. The Labute approximate surface area is 116 Å². The molecule has 0 spiro atoms. The van der Waals surface area contributed by atoms with Crippen LogP contribution in [-0.4, -0.2) is 29.7 Å². The van der Waals surface area contributed by atoms with Crippen molar-refractivity contribution in [3.63, 3.8) is 0 Å². The quantitative estimate of drug-likeness (QED) is 0.877. The summed E-state index contributed by atoms with van der Waals surface area (Å²) in [6, 6.07) is 10.1. The molecule has 2 rings (SSSR count). The standard InChI is InChI=1S/C13H16N4OS/c1-9(10-6-4-3-5-7-10)8-15-11(18)12-16-17-13(14-2)19-12/h3-7,9H,8H2,1-2H3,(H,14,17)(H,15,18). The van der Waals surface area contributed by atoms with Gasteiger partial charge in [0.25, 0.3) is 5.91 Å². The number of amides is 1. The van der Waals surface area contributed by atoms with Crippen LogP contribution in [0.2, 0.25) is 0 Å². The van der Waals surface area contributed by atoms with Crippen LogP contribution in [0.25, 0.3) is 0 Å². The Morgan fingerprint density at radius 3 is 2.68 bits per heavy atom. The maximum absolute atomic E-state index is 11.9. The number of hydrogen-bond acceptors (Lipinski definition) is 5. The summed E-state index contributed by atoms with van der Waals surface area (Å²) in [7, 11) is 1.75. The van der Waals surface area contributed by atoms with Gasteiger partial charge in [0.1, 0.15) is 0 Å². The fraction of sp³-hybridized carbons (Fsp3) is 0.308. The first-order chi connectivity index (χ1) is 9.20. The summed E-state index contributed by atoms with van der Waals surface area (Å²) in [5, 5.41) is 14.4. The van der Waals surface area contributed by atoms with Crippen molar-refractivity contribution < 1.29 is 4.79 Å². The average molecular weight is 276 g/mol. The van der Waals surface area contributed by atoms with E-state index in [0.29, 0.717) is 16.7 Å². The van der Waals surface area contributed by atoms with E-state index in [1.165, 1.54) is 16.9 Å². The third kappa shape index (κ3) is 3.51. The molecule has 6 heteroatoms. The van der Waals surface area contributed by atoms with Crippen LogP contribution in [0.5, 0.6) is 0 Å². The van der Waals surface area contributed by atoms with Crippen LogP contribution in [-0.2, 0) is 0 Å². The van der Waals surface area contributed by atoms with Crippen LogP contribution in [0.4, 0.5) is 5.13 Å². The Hall–Kier alpha value is -1.95. The predicted molar refractivity (Wildman–Crippen MR) is 76.6 cm³/mol. The number of aromatic nitrogens is 2. The Kier molecular flexibility index (Phi) is 4.46. The first-order valence-corrected chi connectivity index (χ1v) is 6.86. The number of rotatable bonds is 5. The van der Waals surface area contributed by atoms with E-state index in [4.69, 9.17) is 0 Å². The third-order valence-corrected chi connectivity index (χ3v) is 3.71. The molecule has 0 saturated heterocycles. The molecule has 1 atom stereocenters. The smallest absolute Gasteiger partial charge is 0.282 e. The fourth-order valence-electron chi connectivity index (χ4n) is 1.64. The average Bonchev–Trinajstić information content (AvgIpc) is 2.94. The van der Waals surface area contributed by atoms with Gasteiger partial charge >= 0.3 is 0 Å². The van der Waals surface area contributed by atoms with E-state index in [2.05, 4.69) is 39.9 Å². The van der Waals surface area contributed by atoms with Crippen LogP contribution in [0.3, 0.4) is 0 Å². The van der Waals surface area contributed by atoms with Crippen LogP contribution in [0, 0.1) is 0 Å². The summed E-state index contributed by atoms with van der Waals surface area (Å²) in [5.41, 5.74) is 1.20. The zero-order valence-electron chi connectivity index (χ0n) is 10.9. The van der Waals surface area contributed by atoms with Gasteiger partial charge in [-0.05, 0) is 11.5 Å². The molecule has 0 bridgehead atoms. The lowest BCUT2D eigenvalue weighted by atomic mass is 10.0. The fourth-order valence-corrected chi connectivity index (χ4v) is 2.25. The van der Waals surface area contributed by atoms with E-state index in [-0.39, 0.29) is 11.8 Å². The zero-order valence-corrected chi connectivity index (χ0v) is 11.7. The molecule has 100 valence electrons. The molecule has 1 heterocycles. The van der Waals surface area contributed by atoms with Crippen molar-refractivity contribution in [1.29, 1.82) is 0 Å². The van der Waals surface area contributed by atoms with Gasteiger partial charge in [0, 0.05) is 13.6 Å². The van der Waals surface area contributed by atoms with Crippen molar-refractivity contribution in [1.82, 2.24) is 15.5 Å². The lowest BCUT2D eigenvalue weighted by Crippen LogP contribution is -2.27. The SMILES string of the molecule is CNc1nnc(C(=O)NCC(C)c2ccccc2)s1. The van der Waals surface area contributed by atoms with E-state index in [1.54, 1.807) is 7.05 Å². The number of carbonyl (C=O) groups excluding carboxylic acids is 1. The van der Waals surface area contributed by atoms with Gasteiger partial charge in [0.2, 0.25) is 10.1 Å². The number of carbonyl (C=O) groups is 1. The van der Waals surface area contributed by atoms with Gasteiger partial charge in [-0.25, -0.2) is 0 Å². The minimum atomic E-state index is -0.179. The number of hydrogen-bond donors (Lipinski definition) is 2. The van der Waals surface area contributed by atoms with Gasteiger partial charge < -0.3 is 10.6 Å². The predicted octanol–water partition coefficient (Wildman–Crippen LogP) is 2.11. The maximum Gasteiger partial charge on any atom is 0.282 e. The lowest BCUT2D eigenvalue weighted by molar-refractivity contribution is 0.0950. The highest BCUT2D eigenvalue weighted by atomic mass is 32.1. The topological polar surface area (TPSA) is 66.9 Å². The Morgan fingerprint density at radius 2 is 2.05 bits per heavy atom. The van der Waals surface area contributed by atoms with Crippen molar-refractivity contribution in [2.24, 2.45) is 0 Å². The summed E-state index contributed by atoms with van der Waals surface area (Å²) in [6.45, 7) is 2.66. The van der Waals surface area contributed by atoms with Gasteiger partial charge in [-0.2, -0.15) is 0 Å². The van der Waals surface area contributed by atoms with Crippen molar-refractivity contribution in [3.05, 3.63) is 40.9 Å². The molecule has 0 aliphatic rings. The van der Waals surface area contributed by atoms with Gasteiger partial charge in [-0.1, -0.05) is 48.6 Å². The molecule has 19 heavy (non-hydrogen) atoms. The molecule has 0 aliphatic heterocycles. The van der Waals surface area contributed by atoms with Gasteiger partial charge in [-0.15, -0.1) is 10.2 Å². The molecule has 5 nitrogen and oxygen atoms in total. The molecule has 2 N–H and O–H groups in total. The Morgan fingerprint density at radius 1 is 1.32 bits per heavy atom. The number of nitrogens with zero attached hydrogens (tertiary/aromatic N) is 2. The normalized spacial score (nSPS) is 11.9. The van der Waals surface area contributed by atoms with Crippen molar-refractivity contribution in [3.8, 4) is 0 Å². The maximum atomic E-state index is 11.9. The van der Waals surface area contributed by atoms with Gasteiger partial charge in [0.15, 0.2) is 0 Å². The van der Waals surface area contributed by atoms with Crippen molar-refractivity contribution in [2.75, 3.05) is 18.9 Å². The first-order valence-electron chi connectivity index (χ1n) is 6.05. The lowest BCUT2D eigenvalue weighted by Gasteiger charge is -2.11. The first kappa shape index (κ1) is 13.5. The summed E-state index contributed by atoms with van der Waals surface area (Å²) in [4.78, 5) is 11.9. The Balaban J connectivity index is 1.90. The zero-order chi connectivity index (χ0) is 13.7. The minimum absolute atomic E-state index is 0.179. The number of anilines is 1. The molecule has 1 aromatic heterocycles. The molecule has 0 fully saturated rings. The third-order valence-electron chi connectivity index (χ3n) is 2.77. The number of benzene rings is 1. The van der Waals surface area contributed by atoms with E-state index >= 15 is 0 Å². The molecule has 0 aliphatic carbocycles. The largest absolute Gasteiger partial charge is 0.363 e. The second-order valence-corrected chi connectivity index (χ2v) is 5.16. The number of nitrogens with one attached hydrogen (secondary N) is 2. The molecule has 1 amide bonds. The van der Waals surface area contributed by atoms with Crippen LogP contribution in [0.15, 0.2) is 30.3 Å². The summed E-state index contributed by atoms with van der Waals surface area (Å²) >= 11 is 1.24. The van der Waals surface area contributed by atoms with Crippen molar-refractivity contribution in [2.45, 2.75) is 12.8 Å². The van der Waals surface area contributed by atoms with E-state index in [1.807, 2.05) is 18.2 Å². The Bertz CT molecular complexity index is 541. The molecule has 1 aromatic carbocycles. The summed E-state index contributed by atoms with van der Waals surface area (Å²) in [5.74, 6) is 0.0867.